The minimum Gasteiger partial charge on any atom is -0.349 e. The summed E-state index contributed by atoms with van der Waals surface area (Å²) < 4.78 is 1.86. The number of carbonyl (C=O) groups excluding carboxylic acids is 2. The number of thiazole rings is 1. The average Bonchev–Trinajstić information content (AvgIpc) is 3.25. The van der Waals surface area contributed by atoms with Crippen molar-refractivity contribution in [2.24, 2.45) is 0 Å². The SMILES string of the molecule is O=C(Cn1c(-c2cscn2)nc2ccccc21)Nc1cccc(C(=O)NC2CC2)c1. The number of nitrogens with one attached hydrogen (secondary N) is 2. The lowest BCUT2D eigenvalue weighted by atomic mass is 10.2. The maximum Gasteiger partial charge on any atom is 0.251 e. The number of rotatable bonds is 6. The molecule has 150 valence electrons. The highest BCUT2D eigenvalue weighted by molar-refractivity contribution is 7.07. The van der Waals surface area contributed by atoms with Crippen molar-refractivity contribution < 1.29 is 9.59 Å². The highest BCUT2D eigenvalue weighted by Crippen LogP contribution is 2.25. The van der Waals surface area contributed by atoms with Crippen molar-refractivity contribution in [3.63, 3.8) is 0 Å². The molecule has 2 aromatic heterocycles. The van der Waals surface area contributed by atoms with Gasteiger partial charge in [-0.2, -0.15) is 0 Å². The summed E-state index contributed by atoms with van der Waals surface area (Å²) in [5.74, 6) is 0.347. The molecular weight excluding hydrogens is 398 g/mol. The van der Waals surface area contributed by atoms with Crippen LogP contribution in [0.15, 0.2) is 59.4 Å². The molecule has 0 aliphatic heterocycles. The summed E-state index contributed by atoms with van der Waals surface area (Å²) in [6.07, 6.45) is 2.06. The molecule has 0 unspecified atom stereocenters. The molecule has 2 heterocycles. The molecule has 5 rings (SSSR count). The first kappa shape index (κ1) is 18.5. The maximum absolute atomic E-state index is 12.8. The number of para-hydroxylation sites is 2. The minimum atomic E-state index is -0.200. The first-order valence-electron chi connectivity index (χ1n) is 9.72. The summed E-state index contributed by atoms with van der Waals surface area (Å²) in [6.45, 7) is 0.0892. The summed E-state index contributed by atoms with van der Waals surface area (Å²) in [5, 5.41) is 7.77. The van der Waals surface area contributed by atoms with Crippen LogP contribution >= 0.6 is 11.3 Å². The quantitative estimate of drug-likeness (QED) is 0.501. The first-order valence-corrected chi connectivity index (χ1v) is 10.7. The van der Waals surface area contributed by atoms with Crippen LogP contribution in [0.2, 0.25) is 0 Å². The monoisotopic (exact) mass is 417 g/mol. The van der Waals surface area contributed by atoms with E-state index in [0.717, 1.165) is 29.6 Å². The fourth-order valence-electron chi connectivity index (χ4n) is 3.33. The molecule has 7 nitrogen and oxygen atoms in total. The third-order valence-corrected chi connectivity index (χ3v) is 5.53. The highest BCUT2D eigenvalue weighted by atomic mass is 32.1. The van der Waals surface area contributed by atoms with E-state index in [9.17, 15) is 9.59 Å². The number of hydrogen-bond donors (Lipinski definition) is 2. The van der Waals surface area contributed by atoms with Gasteiger partial charge < -0.3 is 15.2 Å². The second kappa shape index (κ2) is 7.72. The summed E-state index contributed by atoms with van der Waals surface area (Å²) in [7, 11) is 0. The summed E-state index contributed by atoms with van der Waals surface area (Å²) >= 11 is 1.48. The Kier molecular flexibility index (Phi) is 4.76. The van der Waals surface area contributed by atoms with Crippen molar-refractivity contribution in [2.75, 3.05) is 5.32 Å². The van der Waals surface area contributed by atoms with E-state index in [1.54, 1.807) is 29.8 Å². The second-order valence-electron chi connectivity index (χ2n) is 7.26. The van der Waals surface area contributed by atoms with E-state index in [1.165, 1.54) is 11.3 Å². The summed E-state index contributed by atoms with van der Waals surface area (Å²) in [6, 6.07) is 15.0. The van der Waals surface area contributed by atoms with Crippen LogP contribution in [-0.2, 0) is 11.3 Å². The molecule has 0 atom stereocenters. The predicted octanol–water partition coefficient (Wildman–Crippen LogP) is 3.69. The molecule has 0 spiro atoms. The van der Waals surface area contributed by atoms with Crippen LogP contribution in [0.5, 0.6) is 0 Å². The van der Waals surface area contributed by atoms with E-state index < -0.39 is 0 Å². The normalized spacial score (nSPS) is 13.3. The standard InChI is InChI=1S/C22H19N5O2S/c28-20(24-16-5-3-4-14(10-16)22(29)25-15-8-9-15)11-27-19-7-2-1-6-17(19)26-21(27)18-12-30-13-23-18/h1-7,10,12-13,15H,8-9,11H2,(H,24,28)(H,25,29). The van der Waals surface area contributed by atoms with Crippen LogP contribution in [0.3, 0.4) is 0 Å². The van der Waals surface area contributed by atoms with E-state index in [4.69, 9.17) is 0 Å². The zero-order valence-electron chi connectivity index (χ0n) is 16.0. The van der Waals surface area contributed by atoms with Gasteiger partial charge in [-0.05, 0) is 43.2 Å². The van der Waals surface area contributed by atoms with Gasteiger partial charge in [-0.25, -0.2) is 9.97 Å². The Balaban J connectivity index is 1.38. The van der Waals surface area contributed by atoms with E-state index in [1.807, 2.05) is 34.2 Å². The second-order valence-corrected chi connectivity index (χ2v) is 7.98. The average molecular weight is 417 g/mol. The zero-order chi connectivity index (χ0) is 20.5. The molecule has 2 aromatic carbocycles. The van der Waals surface area contributed by atoms with Crippen LogP contribution in [0, 0.1) is 0 Å². The molecule has 30 heavy (non-hydrogen) atoms. The van der Waals surface area contributed by atoms with Gasteiger partial charge in [0.2, 0.25) is 5.91 Å². The number of amides is 2. The number of hydrogen-bond acceptors (Lipinski definition) is 5. The third-order valence-electron chi connectivity index (χ3n) is 4.94. The number of nitrogens with zero attached hydrogens (tertiary/aromatic N) is 3. The molecule has 2 N–H and O–H groups in total. The Morgan fingerprint density at radius 2 is 2.00 bits per heavy atom. The van der Waals surface area contributed by atoms with Crippen molar-refractivity contribution in [1.82, 2.24) is 19.9 Å². The predicted molar refractivity (Wildman–Crippen MR) is 116 cm³/mol. The molecule has 1 aliphatic carbocycles. The van der Waals surface area contributed by atoms with Crippen LogP contribution in [-0.4, -0.2) is 32.4 Å². The number of aromatic nitrogens is 3. The van der Waals surface area contributed by atoms with Crippen molar-refractivity contribution in [3.05, 3.63) is 65.0 Å². The number of benzene rings is 2. The lowest BCUT2D eigenvalue weighted by molar-refractivity contribution is -0.116. The molecule has 8 heteroatoms. The van der Waals surface area contributed by atoms with Gasteiger partial charge in [0.25, 0.3) is 5.91 Å². The number of imidazole rings is 1. The fourth-order valence-corrected chi connectivity index (χ4v) is 3.86. The van der Waals surface area contributed by atoms with Gasteiger partial charge in [0.1, 0.15) is 12.2 Å². The molecule has 0 saturated heterocycles. The highest BCUT2D eigenvalue weighted by Gasteiger charge is 2.24. The fraction of sp³-hybridized carbons (Fsp3) is 0.182. The third kappa shape index (κ3) is 3.81. The zero-order valence-corrected chi connectivity index (χ0v) is 16.9. The van der Waals surface area contributed by atoms with Gasteiger partial charge in [0, 0.05) is 22.7 Å². The van der Waals surface area contributed by atoms with Crippen molar-refractivity contribution >= 4 is 39.9 Å². The minimum absolute atomic E-state index is 0.0892. The lowest BCUT2D eigenvalue weighted by Crippen LogP contribution is -2.25. The molecule has 0 radical (unpaired) electrons. The summed E-state index contributed by atoms with van der Waals surface area (Å²) in [4.78, 5) is 34.1. The van der Waals surface area contributed by atoms with Crippen LogP contribution in [0.25, 0.3) is 22.6 Å². The van der Waals surface area contributed by atoms with E-state index in [0.29, 0.717) is 17.1 Å². The number of carbonyl (C=O) groups is 2. The van der Waals surface area contributed by atoms with Gasteiger partial charge in [-0.15, -0.1) is 11.3 Å². The largest absolute Gasteiger partial charge is 0.349 e. The van der Waals surface area contributed by atoms with Crippen LogP contribution in [0.1, 0.15) is 23.2 Å². The topological polar surface area (TPSA) is 88.9 Å². The lowest BCUT2D eigenvalue weighted by Gasteiger charge is -2.10. The number of anilines is 1. The van der Waals surface area contributed by atoms with E-state index >= 15 is 0 Å². The van der Waals surface area contributed by atoms with Gasteiger partial charge in [-0.3, -0.25) is 9.59 Å². The van der Waals surface area contributed by atoms with Gasteiger partial charge in [-0.1, -0.05) is 18.2 Å². The molecule has 0 bridgehead atoms. The van der Waals surface area contributed by atoms with E-state index in [-0.39, 0.29) is 24.4 Å². The molecule has 4 aromatic rings. The molecule has 1 aliphatic rings. The van der Waals surface area contributed by atoms with Crippen LogP contribution < -0.4 is 10.6 Å². The van der Waals surface area contributed by atoms with Gasteiger partial charge in [0.05, 0.1) is 16.5 Å². The maximum atomic E-state index is 12.8. The van der Waals surface area contributed by atoms with Gasteiger partial charge in [0.15, 0.2) is 5.82 Å². The Bertz CT molecular complexity index is 1230. The Hall–Kier alpha value is -3.52. The molecule has 2 amide bonds. The smallest absolute Gasteiger partial charge is 0.251 e. The first-order chi connectivity index (χ1) is 14.7. The molecular formula is C22H19N5O2S. The Morgan fingerprint density at radius 1 is 1.13 bits per heavy atom. The van der Waals surface area contributed by atoms with Gasteiger partial charge >= 0.3 is 0 Å². The van der Waals surface area contributed by atoms with E-state index in [2.05, 4.69) is 20.6 Å². The molecule has 1 fully saturated rings. The Labute approximate surface area is 176 Å². The van der Waals surface area contributed by atoms with Crippen LogP contribution in [0.4, 0.5) is 5.69 Å². The Morgan fingerprint density at radius 3 is 2.80 bits per heavy atom. The van der Waals surface area contributed by atoms with Crippen molar-refractivity contribution in [1.29, 1.82) is 0 Å². The van der Waals surface area contributed by atoms with Crippen molar-refractivity contribution in [2.45, 2.75) is 25.4 Å². The summed E-state index contributed by atoms with van der Waals surface area (Å²) in [5.41, 5.74) is 5.29. The number of fused-ring (bicyclic) bond motifs is 1. The van der Waals surface area contributed by atoms with Crippen molar-refractivity contribution in [3.8, 4) is 11.5 Å². The molecule has 1 saturated carbocycles.